The Morgan fingerprint density at radius 1 is 0.964 bits per heavy atom. The first-order valence-corrected chi connectivity index (χ1v) is 9.56. The van der Waals surface area contributed by atoms with E-state index in [9.17, 15) is 0 Å². The Balaban J connectivity index is 1.37. The van der Waals surface area contributed by atoms with Crippen LogP contribution in [0.3, 0.4) is 0 Å². The van der Waals surface area contributed by atoms with Crippen molar-refractivity contribution in [2.75, 3.05) is 10.6 Å². The maximum absolute atomic E-state index is 4.80. The molecule has 0 unspecified atom stereocenters. The van der Waals surface area contributed by atoms with Gasteiger partial charge in [-0.25, -0.2) is 15.0 Å². The minimum absolute atomic E-state index is 0.334. The summed E-state index contributed by atoms with van der Waals surface area (Å²) in [6.07, 6.45) is 3.99. The number of aryl methyl sites for hydroxylation is 2. The number of fused-ring (bicyclic) bond motifs is 2. The number of benzene rings is 2. The SMILES string of the molecule is Cc1ccnc(Nc2ccc3nc(N[C@@H]4CCc5ccccc54)ccc3c2)n1. The van der Waals surface area contributed by atoms with E-state index in [-0.39, 0.29) is 0 Å². The molecule has 0 aliphatic heterocycles. The van der Waals surface area contributed by atoms with Crippen molar-refractivity contribution in [2.45, 2.75) is 25.8 Å². The molecule has 2 aromatic carbocycles. The maximum Gasteiger partial charge on any atom is 0.227 e. The Hall–Kier alpha value is -3.47. The lowest BCUT2D eigenvalue weighted by atomic mass is 10.1. The van der Waals surface area contributed by atoms with Gasteiger partial charge in [0.2, 0.25) is 5.95 Å². The Morgan fingerprint density at radius 3 is 2.82 bits per heavy atom. The molecule has 1 atom stereocenters. The maximum atomic E-state index is 4.80. The Labute approximate surface area is 163 Å². The third kappa shape index (κ3) is 3.27. The highest BCUT2D eigenvalue weighted by Gasteiger charge is 2.21. The zero-order valence-electron chi connectivity index (χ0n) is 15.7. The molecule has 0 saturated heterocycles. The van der Waals surface area contributed by atoms with Gasteiger partial charge in [-0.2, -0.15) is 0 Å². The van der Waals surface area contributed by atoms with E-state index in [2.05, 4.69) is 63.1 Å². The normalized spacial score (nSPS) is 15.4. The van der Waals surface area contributed by atoms with Crippen LogP contribution in [-0.2, 0) is 6.42 Å². The predicted octanol–water partition coefficient (Wildman–Crippen LogP) is 5.18. The summed E-state index contributed by atoms with van der Waals surface area (Å²) in [4.78, 5) is 13.5. The second-order valence-electron chi connectivity index (χ2n) is 7.19. The van der Waals surface area contributed by atoms with Crippen molar-refractivity contribution in [3.05, 3.63) is 83.7 Å². The lowest BCUT2D eigenvalue weighted by Crippen LogP contribution is -2.08. The first kappa shape index (κ1) is 16.7. The van der Waals surface area contributed by atoms with Gasteiger partial charge in [-0.1, -0.05) is 24.3 Å². The third-order valence-electron chi connectivity index (χ3n) is 5.20. The molecule has 0 saturated carbocycles. The number of anilines is 3. The van der Waals surface area contributed by atoms with Crippen molar-refractivity contribution in [3.63, 3.8) is 0 Å². The van der Waals surface area contributed by atoms with Crippen LogP contribution in [0.15, 0.2) is 66.9 Å². The van der Waals surface area contributed by atoms with Gasteiger partial charge in [0, 0.05) is 23.0 Å². The molecule has 0 bridgehead atoms. The largest absolute Gasteiger partial charge is 0.363 e. The van der Waals surface area contributed by atoms with Crippen molar-refractivity contribution in [3.8, 4) is 0 Å². The van der Waals surface area contributed by atoms with Gasteiger partial charge in [0.1, 0.15) is 5.82 Å². The molecular formula is C23H21N5. The average molecular weight is 367 g/mol. The summed E-state index contributed by atoms with van der Waals surface area (Å²) < 4.78 is 0. The van der Waals surface area contributed by atoms with Crippen molar-refractivity contribution in [2.24, 2.45) is 0 Å². The third-order valence-corrected chi connectivity index (χ3v) is 5.20. The molecule has 0 radical (unpaired) electrons. The molecule has 2 heterocycles. The predicted molar refractivity (Wildman–Crippen MR) is 113 cm³/mol. The van der Waals surface area contributed by atoms with Crippen LogP contribution in [0.2, 0.25) is 0 Å². The van der Waals surface area contributed by atoms with Gasteiger partial charge in [-0.3, -0.25) is 0 Å². The van der Waals surface area contributed by atoms with Crippen molar-refractivity contribution < 1.29 is 0 Å². The van der Waals surface area contributed by atoms with Gasteiger partial charge in [0.25, 0.3) is 0 Å². The Bertz CT molecular complexity index is 1150. The molecular weight excluding hydrogens is 346 g/mol. The van der Waals surface area contributed by atoms with Crippen LogP contribution in [0, 0.1) is 6.92 Å². The van der Waals surface area contributed by atoms with Gasteiger partial charge < -0.3 is 10.6 Å². The van der Waals surface area contributed by atoms with E-state index in [1.807, 2.05) is 25.1 Å². The lowest BCUT2D eigenvalue weighted by molar-refractivity contribution is 0.758. The van der Waals surface area contributed by atoms with E-state index >= 15 is 0 Å². The Morgan fingerprint density at radius 2 is 1.89 bits per heavy atom. The standard InChI is InChI=1S/C23H21N5/c1-15-12-13-24-23(25-15)26-18-8-10-20-17(14-18)7-11-22(27-20)28-21-9-6-16-4-2-3-5-19(16)21/h2-5,7-8,10-14,21H,6,9H2,1H3,(H,27,28)(H,24,25,26)/t21-/m1/s1. The quantitative estimate of drug-likeness (QED) is 0.521. The molecule has 1 aliphatic rings. The number of aromatic nitrogens is 3. The molecule has 0 amide bonds. The second kappa shape index (κ2) is 6.93. The summed E-state index contributed by atoms with van der Waals surface area (Å²) >= 11 is 0. The van der Waals surface area contributed by atoms with Crippen LogP contribution < -0.4 is 10.6 Å². The molecule has 0 fully saturated rings. The number of hydrogen-bond donors (Lipinski definition) is 2. The van der Waals surface area contributed by atoms with E-state index in [1.54, 1.807) is 6.20 Å². The fourth-order valence-electron chi connectivity index (χ4n) is 3.81. The summed E-state index contributed by atoms with van der Waals surface area (Å²) in [5.41, 5.74) is 5.68. The summed E-state index contributed by atoms with van der Waals surface area (Å²) in [5.74, 6) is 1.52. The summed E-state index contributed by atoms with van der Waals surface area (Å²) in [6, 6.07) is 21.1. The number of nitrogens with zero attached hydrogens (tertiary/aromatic N) is 3. The molecule has 5 heteroatoms. The first-order valence-electron chi connectivity index (χ1n) is 9.56. The summed E-state index contributed by atoms with van der Waals surface area (Å²) in [7, 11) is 0. The van der Waals surface area contributed by atoms with Gasteiger partial charge >= 0.3 is 0 Å². The molecule has 138 valence electrons. The number of pyridine rings is 1. The van der Waals surface area contributed by atoms with Crippen molar-refractivity contribution >= 4 is 28.4 Å². The van der Waals surface area contributed by atoms with E-state index < -0.39 is 0 Å². The van der Waals surface area contributed by atoms with Gasteiger partial charge in [-0.15, -0.1) is 0 Å². The fourth-order valence-corrected chi connectivity index (χ4v) is 3.81. The highest BCUT2D eigenvalue weighted by Crippen LogP contribution is 2.33. The zero-order valence-corrected chi connectivity index (χ0v) is 15.7. The smallest absolute Gasteiger partial charge is 0.227 e. The van der Waals surface area contributed by atoms with E-state index in [0.717, 1.165) is 40.9 Å². The molecule has 2 aromatic heterocycles. The molecule has 1 aliphatic carbocycles. The minimum atomic E-state index is 0.334. The monoisotopic (exact) mass is 367 g/mol. The number of rotatable bonds is 4. The van der Waals surface area contributed by atoms with Crippen LogP contribution in [0.4, 0.5) is 17.5 Å². The van der Waals surface area contributed by atoms with E-state index in [4.69, 9.17) is 4.98 Å². The molecule has 28 heavy (non-hydrogen) atoms. The summed E-state index contributed by atoms with van der Waals surface area (Å²) in [6.45, 7) is 1.95. The number of hydrogen-bond acceptors (Lipinski definition) is 5. The second-order valence-corrected chi connectivity index (χ2v) is 7.19. The fraction of sp³-hybridized carbons (Fsp3) is 0.174. The van der Waals surface area contributed by atoms with Crippen LogP contribution >= 0.6 is 0 Å². The van der Waals surface area contributed by atoms with Gasteiger partial charge in [0.05, 0.1) is 11.6 Å². The minimum Gasteiger partial charge on any atom is -0.363 e. The van der Waals surface area contributed by atoms with E-state index in [0.29, 0.717) is 12.0 Å². The number of nitrogens with one attached hydrogen (secondary N) is 2. The van der Waals surface area contributed by atoms with Crippen LogP contribution in [0.25, 0.3) is 10.9 Å². The van der Waals surface area contributed by atoms with Crippen molar-refractivity contribution in [1.29, 1.82) is 0 Å². The van der Waals surface area contributed by atoms with Gasteiger partial charge in [0.15, 0.2) is 0 Å². The molecule has 5 nitrogen and oxygen atoms in total. The lowest BCUT2D eigenvalue weighted by Gasteiger charge is -2.15. The highest BCUT2D eigenvalue weighted by atomic mass is 15.1. The van der Waals surface area contributed by atoms with Crippen LogP contribution in [0.5, 0.6) is 0 Å². The molecule has 4 aromatic rings. The molecule has 5 rings (SSSR count). The van der Waals surface area contributed by atoms with Crippen molar-refractivity contribution in [1.82, 2.24) is 15.0 Å². The zero-order chi connectivity index (χ0) is 18.9. The average Bonchev–Trinajstić information content (AvgIpc) is 3.11. The van der Waals surface area contributed by atoms with Crippen LogP contribution in [0.1, 0.15) is 29.3 Å². The summed E-state index contributed by atoms with van der Waals surface area (Å²) in [5, 5.41) is 7.94. The van der Waals surface area contributed by atoms with Gasteiger partial charge in [-0.05, 0) is 67.3 Å². The van der Waals surface area contributed by atoms with Crippen LogP contribution in [-0.4, -0.2) is 15.0 Å². The highest BCUT2D eigenvalue weighted by molar-refractivity contribution is 5.84. The molecule has 0 spiro atoms. The topological polar surface area (TPSA) is 62.7 Å². The van der Waals surface area contributed by atoms with E-state index in [1.165, 1.54) is 11.1 Å². The Kier molecular flexibility index (Phi) is 4.13. The molecule has 2 N–H and O–H groups in total. The first-order chi connectivity index (χ1) is 13.7.